The highest BCUT2D eigenvalue weighted by atomic mass is 32.2. The summed E-state index contributed by atoms with van der Waals surface area (Å²) in [6, 6.07) is 14.2. The summed E-state index contributed by atoms with van der Waals surface area (Å²) in [6.45, 7) is 7.11. The lowest BCUT2D eigenvalue weighted by Crippen LogP contribution is -2.44. The summed E-state index contributed by atoms with van der Waals surface area (Å²) in [6.07, 6.45) is 0. The van der Waals surface area contributed by atoms with Gasteiger partial charge in [-0.05, 0) is 55.2 Å². The number of rotatable bonds is 10. The number of amides is 1. The Hall–Kier alpha value is -4.35. The summed E-state index contributed by atoms with van der Waals surface area (Å²) in [5.41, 5.74) is 4.07. The molecule has 222 valence electrons. The molecule has 1 aromatic heterocycles. The minimum Gasteiger partial charge on any atom is -0.496 e. The Morgan fingerprint density at radius 3 is 1.93 bits per heavy atom. The van der Waals surface area contributed by atoms with E-state index in [-0.39, 0.29) is 16.6 Å². The minimum absolute atomic E-state index is 0.0235. The van der Waals surface area contributed by atoms with Crippen molar-refractivity contribution in [3.05, 3.63) is 71.5 Å². The molecule has 0 saturated heterocycles. The van der Waals surface area contributed by atoms with Gasteiger partial charge in [0.1, 0.15) is 23.1 Å². The van der Waals surface area contributed by atoms with E-state index in [0.717, 1.165) is 16.7 Å². The number of nitrogens with one attached hydrogen (secondary N) is 2. The molecule has 3 aromatic carbocycles. The maximum Gasteiger partial charge on any atom is 0.324 e. The third kappa shape index (κ3) is 5.97. The van der Waals surface area contributed by atoms with E-state index in [4.69, 9.17) is 18.6 Å². The van der Waals surface area contributed by atoms with Gasteiger partial charge in [0.15, 0.2) is 5.76 Å². The van der Waals surface area contributed by atoms with Gasteiger partial charge in [-0.1, -0.05) is 38.1 Å². The largest absolute Gasteiger partial charge is 0.496 e. The fraction of sp³-hybridized carbons (Fsp3) is 0.290. The van der Waals surface area contributed by atoms with Crippen LogP contribution in [0.25, 0.3) is 22.1 Å². The first-order valence-electron chi connectivity index (χ1n) is 13.2. The number of hydrogen-bond acceptors (Lipinski definition) is 8. The molecule has 0 saturated carbocycles. The van der Waals surface area contributed by atoms with Crippen molar-refractivity contribution in [2.24, 2.45) is 5.92 Å². The first kappa shape index (κ1) is 30.6. The zero-order valence-electron chi connectivity index (χ0n) is 24.5. The van der Waals surface area contributed by atoms with Gasteiger partial charge in [0, 0.05) is 22.9 Å². The molecule has 10 nitrogen and oxygen atoms in total. The summed E-state index contributed by atoms with van der Waals surface area (Å²) < 4.78 is 49.8. The predicted octanol–water partition coefficient (Wildman–Crippen LogP) is 5.46. The van der Waals surface area contributed by atoms with Crippen LogP contribution >= 0.6 is 0 Å². The monoisotopic (exact) mass is 594 g/mol. The summed E-state index contributed by atoms with van der Waals surface area (Å²) in [7, 11) is 0.373. The molecule has 4 aromatic rings. The second-order valence-electron chi connectivity index (χ2n) is 10.1. The van der Waals surface area contributed by atoms with Gasteiger partial charge in [0.05, 0.1) is 31.6 Å². The second kappa shape index (κ2) is 12.3. The maximum atomic E-state index is 13.2. The van der Waals surface area contributed by atoms with Crippen molar-refractivity contribution in [2.45, 2.75) is 38.6 Å². The van der Waals surface area contributed by atoms with Crippen molar-refractivity contribution in [1.82, 2.24) is 4.72 Å². The number of methoxy groups -OCH3 is 3. The predicted molar refractivity (Wildman–Crippen MR) is 160 cm³/mol. The van der Waals surface area contributed by atoms with Crippen LogP contribution in [0.2, 0.25) is 0 Å². The van der Waals surface area contributed by atoms with Crippen molar-refractivity contribution in [3.8, 4) is 22.6 Å². The normalized spacial score (nSPS) is 12.3. The topological polar surface area (TPSA) is 133 Å². The number of carbonyl (C=O) groups is 2. The van der Waals surface area contributed by atoms with Crippen LogP contribution in [0.15, 0.2) is 63.9 Å². The zero-order valence-corrected chi connectivity index (χ0v) is 25.3. The van der Waals surface area contributed by atoms with Gasteiger partial charge < -0.3 is 23.9 Å². The van der Waals surface area contributed by atoms with E-state index in [2.05, 4.69) is 10.0 Å². The van der Waals surface area contributed by atoms with Crippen molar-refractivity contribution in [2.75, 3.05) is 26.6 Å². The number of anilines is 1. The number of esters is 1. The van der Waals surface area contributed by atoms with Gasteiger partial charge in [-0.15, -0.1) is 0 Å². The average molecular weight is 595 g/mol. The molecule has 0 radical (unpaired) electrons. The number of fused-ring (bicyclic) bond motifs is 1. The fourth-order valence-corrected chi connectivity index (χ4v) is 5.99. The molecule has 0 bridgehead atoms. The molecule has 2 N–H and O–H groups in total. The molecule has 42 heavy (non-hydrogen) atoms. The molecule has 0 spiro atoms. The van der Waals surface area contributed by atoms with Crippen LogP contribution in [-0.2, 0) is 19.6 Å². The van der Waals surface area contributed by atoms with E-state index >= 15 is 0 Å². The molecule has 0 fully saturated rings. The van der Waals surface area contributed by atoms with Crippen LogP contribution in [0.3, 0.4) is 0 Å². The summed E-state index contributed by atoms with van der Waals surface area (Å²) in [4.78, 5) is 25.2. The van der Waals surface area contributed by atoms with E-state index in [1.54, 1.807) is 65.3 Å². The third-order valence-corrected chi connectivity index (χ3v) is 8.51. The van der Waals surface area contributed by atoms with Crippen LogP contribution in [0.4, 0.5) is 5.69 Å². The lowest BCUT2D eigenvalue weighted by atomic mass is 10.1. The number of benzene rings is 3. The molecule has 1 amide bonds. The summed E-state index contributed by atoms with van der Waals surface area (Å²) in [5, 5.41) is 3.57. The van der Waals surface area contributed by atoms with Crippen LogP contribution in [0.1, 0.15) is 35.5 Å². The fourth-order valence-electron chi connectivity index (χ4n) is 4.65. The van der Waals surface area contributed by atoms with Gasteiger partial charge in [-0.3, -0.25) is 9.59 Å². The van der Waals surface area contributed by atoms with Crippen LogP contribution in [0.5, 0.6) is 11.5 Å². The molecular weight excluding hydrogens is 560 g/mol. The highest BCUT2D eigenvalue weighted by Crippen LogP contribution is 2.40. The molecule has 1 unspecified atom stereocenters. The van der Waals surface area contributed by atoms with Gasteiger partial charge in [-0.2, -0.15) is 4.72 Å². The number of sulfonamides is 1. The Balaban J connectivity index is 1.51. The average Bonchev–Trinajstić information content (AvgIpc) is 3.34. The summed E-state index contributed by atoms with van der Waals surface area (Å²) in [5.74, 6) is -0.0420. The second-order valence-corrected chi connectivity index (χ2v) is 11.8. The molecule has 0 aliphatic rings. The molecule has 11 heteroatoms. The van der Waals surface area contributed by atoms with E-state index in [0.29, 0.717) is 33.7 Å². The van der Waals surface area contributed by atoms with Gasteiger partial charge in [0.2, 0.25) is 10.0 Å². The van der Waals surface area contributed by atoms with Gasteiger partial charge in [0.25, 0.3) is 5.91 Å². The molecule has 0 aliphatic carbocycles. The zero-order chi connectivity index (χ0) is 30.8. The first-order valence-corrected chi connectivity index (χ1v) is 14.7. The number of ether oxygens (including phenoxy) is 3. The lowest BCUT2D eigenvalue weighted by molar-refractivity contribution is -0.143. The Bertz CT molecular complexity index is 1720. The molecule has 1 heterocycles. The third-order valence-electron chi connectivity index (χ3n) is 7.06. The van der Waals surface area contributed by atoms with Crippen molar-refractivity contribution in [3.63, 3.8) is 0 Å². The summed E-state index contributed by atoms with van der Waals surface area (Å²) >= 11 is 0. The Morgan fingerprint density at radius 1 is 0.833 bits per heavy atom. The van der Waals surface area contributed by atoms with E-state index in [1.165, 1.54) is 19.2 Å². The standard InChI is InChI=1S/C31H34N2O8S/c1-17(2)27(31(35)40-7)33-42(36,37)23-14-10-21(11-15-23)20-8-12-22(13-9-20)32-30(34)29-19(4)26-25(39-6)16-24(38-5)18(3)28(26)41-29/h8-17,27,33H,1-7H3,(H,32,34). The number of aryl methyl sites for hydroxylation is 2. The van der Waals surface area contributed by atoms with Crippen LogP contribution in [-0.4, -0.2) is 47.7 Å². The Labute approximate surface area is 245 Å². The molecule has 1 atom stereocenters. The van der Waals surface area contributed by atoms with Gasteiger partial charge in [-0.25, -0.2) is 8.42 Å². The highest BCUT2D eigenvalue weighted by molar-refractivity contribution is 7.89. The van der Waals surface area contributed by atoms with E-state index < -0.39 is 27.9 Å². The molecule has 4 rings (SSSR count). The SMILES string of the molecule is COC(=O)C(NS(=O)(=O)c1ccc(-c2ccc(NC(=O)c3oc4c(C)c(OC)cc(OC)c4c3C)cc2)cc1)C(C)C. The highest BCUT2D eigenvalue weighted by Gasteiger charge is 2.29. The van der Waals surface area contributed by atoms with Crippen LogP contribution in [0, 0.1) is 19.8 Å². The minimum atomic E-state index is -3.95. The maximum absolute atomic E-state index is 13.2. The lowest BCUT2D eigenvalue weighted by Gasteiger charge is -2.19. The Kier molecular flexibility index (Phi) is 8.93. The van der Waals surface area contributed by atoms with Crippen molar-refractivity contribution in [1.29, 1.82) is 0 Å². The number of hydrogen-bond donors (Lipinski definition) is 2. The number of furan rings is 1. The Morgan fingerprint density at radius 2 is 1.40 bits per heavy atom. The van der Waals surface area contributed by atoms with E-state index in [1.807, 2.05) is 19.1 Å². The molecule has 0 aliphatic heterocycles. The quantitative estimate of drug-likeness (QED) is 0.231. The molecular formula is C31H34N2O8S. The van der Waals surface area contributed by atoms with E-state index in [9.17, 15) is 18.0 Å². The van der Waals surface area contributed by atoms with Crippen LogP contribution < -0.4 is 19.5 Å². The van der Waals surface area contributed by atoms with Crippen molar-refractivity contribution < 1.29 is 36.6 Å². The smallest absolute Gasteiger partial charge is 0.324 e. The van der Waals surface area contributed by atoms with Crippen molar-refractivity contribution >= 4 is 38.6 Å². The van der Waals surface area contributed by atoms with Gasteiger partial charge >= 0.3 is 5.97 Å². The number of carbonyl (C=O) groups excluding carboxylic acids is 2. The first-order chi connectivity index (χ1) is 19.9.